The first kappa shape index (κ1) is 19.4. The third-order valence-electron chi connectivity index (χ3n) is 6.24. The third kappa shape index (κ3) is 5.84. The number of carbonyl (C=O) groups excluding carboxylic acids is 1. The largest absolute Gasteiger partial charge is 0.342 e. The predicted molar refractivity (Wildman–Crippen MR) is 108 cm³/mol. The maximum atomic E-state index is 12.6. The molecule has 3 heteroatoms. The van der Waals surface area contributed by atoms with Crippen molar-refractivity contribution in [3.8, 4) is 0 Å². The molecule has 0 bridgehead atoms. The first-order chi connectivity index (χ1) is 12.6. The third-order valence-corrected chi connectivity index (χ3v) is 6.24. The van der Waals surface area contributed by atoms with E-state index in [0.29, 0.717) is 18.2 Å². The van der Waals surface area contributed by atoms with E-state index in [-0.39, 0.29) is 0 Å². The molecule has 1 amide bonds. The van der Waals surface area contributed by atoms with Crippen molar-refractivity contribution in [2.45, 2.75) is 58.8 Å². The molecule has 0 spiro atoms. The quantitative estimate of drug-likeness (QED) is 0.759. The fourth-order valence-corrected chi connectivity index (χ4v) is 4.41. The summed E-state index contributed by atoms with van der Waals surface area (Å²) in [7, 11) is 0. The number of aryl methyl sites for hydroxylation is 2. The van der Waals surface area contributed by atoms with E-state index in [1.165, 1.54) is 56.4 Å². The Morgan fingerprint density at radius 2 is 1.81 bits per heavy atom. The van der Waals surface area contributed by atoms with Gasteiger partial charge in [0.1, 0.15) is 0 Å². The topological polar surface area (TPSA) is 23.6 Å². The van der Waals surface area contributed by atoms with Gasteiger partial charge in [0.2, 0.25) is 5.91 Å². The monoisotopic (exact) mass is 356 g/mol. The van der Waals surface area contributed by atoms with Crippen molar-refractivity contribution in [3.63, 3.8) is 0 Å². The van der Waals surface area contributed by atoms with Gasteiger partial charge in [0.15, 0.2) is 0 Å². The summed E-state index contributed by atoms with van der Waals surface area (Å²) in [5.74, 6) is 1.94. The van der Waals surface area contributed by atoms with Crippen molar-refractivity contribution in [1.82, 2.24) is 9.80 Å². The molecule has 2 heterocycles. The van der Waals surface area contributed by atoms with Gasteiger partial charge in [-0.25, -0.2) is 0 Å². The van der Waals surface area contributed by atoms with Crippen LogP contribution in [0, 0.1) is 18.8 Å². The molecule has 2 aliphatic heterocycles. The van der Waals surface area contributed by atoms with Gasteiger partial charge in [-0.15, -0.1) is 0 Å². The van der Waals surface area contributed by atoms with Crippen LogP contribution in [0.5, 0.6) is 0 Å². The van der Waals surface area contributed by atoms with Crippen LogP contribution >= 0.6 is 0 Å². The Kier molecular flexibility index (Phi) is 7.13. The molecule has 144 valence electrons. The Balaban J connectivity index is 1.39. The lowest BCUT2D eigenvalue weighted by molar-refractivity contribution is -0.133. The molecule has 0 N–H and O–H groups in total. The SMILES string of the molecule is Cc1ccc(CCCC(=O)N2CCCC(CN3CCC(C)CC3)C2)cc1. The van der Waals surface area contributed by atoms with Gasteiger partial charge in [-0.1, -0.05) is 36.8 Å². The summed E-state index contributed by atoms with van der Waals surface area (Å²) in [4.78, 5) is 17.4. The van der Waals surface area contributed by atoms with E-state index in [4.69, 9.17) is 0 Å². The fourth-order valence-electron chi connectivity index (χ4n) is 4.41. The van der Waals surface area contributed by atoms with Gasteiger partial charge in [0.05, 0.1) is 0 Å². The van der Waals surface area contributed by atoms with Crippen LogP contribution < -0.4 is 0 Å². The van der Waals surface area contributed by atoms with Gasteiger partial charge < -0.3 is 9.80 Å². The highest BCUT2D eigenvalue weighted by Gasteiger charge is 2.26. The van der Waals surface area contributed by atoms with E-state index >= 15 is 0 Å². The number of nitrogens with zero attached hydrogens (tertiary/aromatic N) is 2. The minimum absolute atomic E-state index is 0.370. The molecular formula is C23H36N2O. The highest BCUT2D eigenvalue weighted by Crippen LogP contribution is 2.22. The van der Waals surface area contributed by atoms with Gasteiger partial charge in [0.25, 0.3) is 0 Å². The Hall–Kier alpha value is -1.35. The molecule has 1 aromatic carbocycles. The molecule has 0 aromatic heterocycles. The lowest BCUT2D eigenvalue weighted by atomic mass is 9.94. The van der Waals surface area contributed by atoms with Crippen molar-refractivity contribution < 1.29 is 4.79 Å². The Morgan fingerprint density at radius 1 is 1.08 bits per heavy atom. The summed E-state index contributed by atoms with van der Waals surface area (Å²) in [5.41, 5.74) is 2.64. The zero-order chi connectivity index (χ0) is 18.4. The van der Waals surface area contributed by atoms with Crippen molar-refractivity contribution in [1.29, 1.82) is 0 Å². The lowest BCUT2D eigenvalue weighted by Gasteiger charge is -2.38. The van der Waals surface area contributed by atoms with Crippen molar-refractivity contribution in [2.24, 2.45) is 11.8 Å². The van der Waals surface area contributed by atoms with E-state index < -0.39 is 0 Å². The first-order valence-electron chi connectivity index (χ1n) is 10.7. The summed E-state index contributed by atoms with van der Waals surface area (Å²) >= 11 is 0. The van der Waals surface area contributed by atoms with Crippen molar-refractivity contribution in [2.75, 3.05) is 32.7 Å². The number of amides is 1. The zero-order valence-electron chi connectivity index (χ0n) is 16.8. The van der Waals surface area contributed by atoms with Gasteiger partial charge in [-0.05, 0) is 75.9 Å². The Labute approximate surface area is 159 Å². The number of rotatable bonds is 6. The maximum absolute atomic E-state index is 12.6. The van der Waals surface area contributed by atoms with E-state index in [1.54, 1.807) is 0 Å². The number of hydrogen-bond donors (Lipinski definition) is 0. The fraction of sp³-hybridized carbons (Fsp3) is 0.696. The van der Waals surface area contributed by atoms with Crippen LogP contribution in [-0.2, 0) is 11.2 Å². The van der Waals surface area contributed by atoms with Crippen LogP contribution in [0.15, 0.2) is 24.3 Å². The molecule has 2 saturated heterocycles. The Bertz CT molecular complexity index is 560. The normalized spacial score (nSPS) is 22.5. The number of benzene rings is 1. The van der Waals surface area contributed by atoms with Crippen LogP contribution in [0.4, 0.5) is 0 Å². The van der Waals surface area contributed by atoms with E-state index in [2.05, 4.69) is 47.9 Å². The molecule has 1 atom stereocenters. The second-order valence-electron chi connectivity index (χ2n) is 8.67. The van der Waals surface area contributed by atoms with Crippen LogP contribution in [0.3, 0.4) is 0 Å². The highest BCUT2D eigenvalue weighted by atomic mass is 16.2. The van der Waals surface area contributed by atoms with E-state index in [1.807, 2.05) is 0 Å². The molecule has 0 aliphatic carbocycles. The molecule has 1 aromatic rings. The second-order valence-corrected chi connectivity index (χ2v) is 8.67. The van der Waals surface area contributed by atoms with Crippen LogP contribution in [-0.4, -0.2) is 48.4 Å². The molecule has 0 radical (unpaired) electrons. The standard InChI is InChI=1S/C23H36N2O/c1-19-8-10-21(11-9-19)5-3-7-23(26)25-14-4-6-22(18-25)17-24-15-12-20(2)13-16-24/h8-11,20,22H,3-7,12-18H2,1-2H3. The molecule has 0 saturated carbocycles. The molecule has 3 rings (SSSR count). The second kappa shape index (κ2) is 9.55. The molecule has 26 heavy (non-hydrogen) atoms. The molecular weight excluding hydrogens is 320 g/mol. The molecule has 3 nitrogen and oxygen atoms in total. The minimum atomic E-state index is 0.370. The summed E-state index contributed by atoms with van der Waals surface area (Å²) in [6, 6.07) is 8.70. The number of likely N-dealkylation sites (tertiary alicyclic amines) is 2. The first-order valence-corrected chi connectivity index (χ1v) is 10.7. The van der Waals surface area contributed by atoms with Gasteiger partial charge in [-0.2, -0.15) is 0 Å². The lowest BCUT2D eigenvalue weighted by Crippen LogP contribution is -2.45. The summed E-state index contributed by atoms with van der Waals surface area (Å²) < 4.78 is 0. The van der Waals surface area contributed by atoms with Gasteiger partial charge >= 0.3 is 0 Å². The van der Waals surface area contributed by atoms with Crippen molar-refractivity contribution >= 4 is 5.91 Å². The number of hydrogen-bond acceptors (Lipinski definition) is 2. The minimum Gasteiger partial charge on any atom is -0.342 e. The number of carbonyl (C=O) groups is 1. The van der Waals surface area contributed by atoms with Crippen molar-refractivity contribution in [3.05, 3.63) is 35.4 Å². The zero-order valence-corrected chi connectivity index (χ0v) is 16.8. The average Bonchev–Trinajstić information content (AvgIpc) is 2.65. The average molecular weight is 357 g/mol. The van der Waals surface area contributed by atoms with Crippen LogP contribution in [0.1, 0.15) is 56.6 Å². The highest BCUT2D eigenvalue weighted by molar-refractivity contribution is 5.76. The number of piperidine rings is 2. The predicted octanol–water partition coefficient (Wildman–Crippen LogP) is 4.29. The molecule has 2 aliphatic rings. The van der Waals surface area contributed by atoms with Crippen LogP contribution in [0.2, 0.25) is 0 Å². The maximum Gasteiger partial charge on any atom is 0.222 e. The van der Waals surface area contributed by atoms with E-state index in [9.17, 15) is 4.79 Å². The van der Waals surface area contributed by atoms with Gasteiger partial charge in [0, 0.05) is 26.1 Å². The Morgan fingerprint density at radius 3 is 2.54 bits per heavy atom. The van der Waals surface area contributed by atoms with E-state index in [0.717, 1.165) is 31.8 Å². The summed E-state index contributed by atoms with van der Waals surface area (Å²) in [6.45, 7) is 10.1. The molecule has 1 unspecified atom stereocenters. The summed E-state index contributed by atoms with van der Waals surface area (Å²) in [5, 5.41) is 0. The molecule has 2 fully saturated rings. The smallest absolute Gasteiger partial charge is 0.222 e. The summed E-state index contributed by atoms with van der Waals surface area (Å²) in [6.07, 6.45) is 7.82. The van der Waals surface area contributed by atoms with Crippen LogP contribution in [0.25, 0.3) is 0 Å². The van der Waals surface area contributed by atoms with Gasteiger partial charge in [-0.3, -0.25) is 4.79 Å².